The first-order chi connectivity index (χ1) is 9.20. The first kappa shape index (κ1) is 13.5. The summed E-state index contributed by atoms with van der Waals surface area (Å²) >= 11 is 0. The summed E-state index contributed by atoms with van der Waals surface area (Å²) in [5, 5.41) is 0. The molecule has 0 aliphatic rings. The van der Waals surface area contributed by atoms with Crippen LogP contribution in [0.5, 0.6) is 0 Å². The molecule has 2 nitrogen and oxygen atoms in total. The Labute approximate surface area is 115 Å². The Hall–Kier alpha value is -1.96. The molecule has 2 heteroatoms. The fourth-order valence-corrected chi connectivity index (χ4v) is 2.25. The number of hydrogen-bond donors (Lipinski definition) is 2. The van der Waals surface area contributed by atoms with Gasteiger partial charge in [0.1, 0.15) is 0 Å². The Morgan fingerprint density at radius 2 is 1.63 bits per heavy atom. The molecule has 0 amide bonds. The van der Waals surface area contributed by atoms with Gasteiger partial charge in [0, 0.05) is 16.9 Å². The van der Waals surface area contributed by atoms with E-state index >= 15 is 0 Å². The number of aryl methyl sites for hydroxylation is 1. The van der Waals surface area contributed by atoms with Crippen LogP contribution < -0.4 is 11.5 Å². The molecule has 4 N–H and O–H groups in total. The highest BCUT2D eigenvalue weighted by Crippen LogP contribution is 2.28. The van der Waals surface area contributed by atoms with Crippen molar-refractivity contribution in [3.8, 4) is 11.1 Å². The number of benzene rings is 2. The van der Waals surface area contributed by atoms with Gasteiger partial charge in [-0.2, -0.15) is 0 Å². The summed E-state index contributed by atoms with van der Waals surface area (Å²) in [7, 11) is 0. The molecule has 0 spiro atoms. The minimum atomic E-state index is 0.747. The van der Waals surface area contributed by atoms with Crippen LogP contribution in [0.3, 0.4) is 0 Å². The standard InChI is InChI=1S/C17H22N2/c1-2-3-4-5-13-6-8-14(9-7-13)16-12-15(18)10-11-17(16)19/h6-12H,2-5,18-19H2,1H3. The van der Waals surface area contributed by atoms with E-state index in [4.69, 9.17) is 11.5 Å². The van der Waals surface area contributed by atoms with Crippen molar-refractivity contribution in [1.82, 2.24) is 0 Å². The average molecular weight is 254 g/mol. The van der Waals surface area contributed by atoms with Gasteiger partial charge in [0.25, 0.3) is 0 Å². The number of nitrogen functional groups attached to an aromatic ring is 2. The Morgan fingerprint density at radius 1 is 0.895 bits per heavy atom. The second-order valence-electron chi connectivity index (χ2n) is 5.00. The molecule has 2 aromatic carbocycles. The van der Waals surface area contributed by atoms with Gasteiger partial charge in [-0.05, 0) is 42.2 Å². The van der Waals surface area contributed by atoms with Crippen LogP contribution in [0.2, 0.25) is 0 Å². The van der Waals surface area contributed by atoms with Crippen LogP contribution in [-0.2, 0) is 6.42 Å². The van der Waals surface area contributed by atoms with E-state index in [1.807, 2.05) is 18.2 Å². The number of unbranched alkanes of at least 4 members (excludes halogenated alkanes) is 2. The molecule has 0 saturated carbocycles. The first-order valence-corrected chi connectivity index (χ1v) is 6.95. The van der Waals surface area contributed by atoms with E-state index in [2.05, 4.69) is 31.2 Å². The Kier molecular flexibility index (Phi) is 4.45. The number of nitrogens with two attached hydrogens (primary N) is 2. The second kappa shape index (κ2) is 6.28. The van der Waals surface area contributed by atoms with Crippen molar-refractivity contribution in [1.29, 1.82) is 0 Å². The van der Waals surface area contributed by atoms with E-state index in [0.29, 0.717) is 0 Å². The lowest BCUT2D eigenvalue weighted by Crippen LogP contribution is -1.93. The lowest BCUT2D eigenvalue weighted by molar-refractivity contribution is 0.717. The van der Waals surface area contributed by atoms with E-state index in [1.54, 1.807) is 0 Å². The maximum absolute atomic E-state index is 6.00. The molecule has 0 fully saturated rings. The predicted molar refractivity (Wildman–Crippen MR) is 83.9 cm³/mol. The Morgan fingerprint density at radius 3 is 2.32 bits per heavy atom. The molecule has 0 aliphatic carbocycles. The fourth-order valence-electron chi connectivity index (χ4n) is 2.25. The Balaban J connectivity index is 2.15. The molecule has 0 radical (unpaired) electrons. The largest absolute Gasteiger partial charge is 0.399 e. The van der Waals surface area contributed by atoms with Gasteiger partial charge in [-0.3, -0.25) is 0 Å². The van der Waals surface area contributed by atoms with Crippen molar-refractivity contribution in [2.24, 2.45) is 0 Å². The zero-order valence-corrected chi connectivity index (χ0v) is 11.5. The monoisotopic (exact) mass is 254 g/mol. The molecular weight excluding hydrogens is 232 g/mol. The summed E-state index contributed by atoms with van der Waals surface area (Å²) in [5.41, 5.74) is 16.9. The maximum Gasteiger partial charge on any atom is 0.0395 e. The third-order valence-electron chi connectivity index (χ3n) is 3.41. The molecule has 0 aliphatic heterocycles. The summed E-state index contributed by atoms with van der Waals surface area (Å²) in [4.78, 5) is 0. The van der Waals surface area contributed by atoms with Crippen LogP contribution in [0, 0.1) is 0 Å². The molecular formula is C17H22N2. The third kappa shape index (κ3) is 3.50. The predicted octanol–water partition coefficient (Wildman–Crippen LogP) is 4.25. The summed E-state index contributed by atoms with van der Waals surface area (Å²) in [5.74, 6) is 0. The van der Waals surface area contributed by atoms with Crippen molar-refractivity contribution in [3.05, 3.63) is 48.0 Å². The van der Waals surface area contributed by atoms with Crippen LogP contribution in [-0.4, -0.2) is 0 Å². The molecule has 2 aromatic rings. The quantitative estimate of drug-likeness (QED) is 0.619. The van der Waals surface area contributed by atoms with Crippen molar-refractivity contribution in [2.75, 3.05) is 11.5 Å². The summed E-state index contributed by atoms with van der Waals surface area (Å²) in [6.45, 7) is 2.23. The van der Waals surface area contributed by atoms with Gasteiger partial charge in [0.2, 0.25) is 0 Å². The number of anilines is 2. The van der Waals surface area contributed by atoms with Crippen LogP contribution in [0.25, 0.3) is 11.1 Å². The zero-order chi connectivity index (χ0) is 13.7. The van der Waals surface area contributed by atoms with Gasteiger partial charge in [0.15, 0.2) is 0 Å². The van der Waals surface area contributed by atoms with Crippen molar-refractivity contribution >= 4 is 11.4 Å². The van der Waals surface area contributed by atoms with Crippen molar-refractivity contribution in [3.63, 3.8) is 0 Å². The molecule has 0 unspecified atom stereocenters. The van der Waals surface area contributed by atoms with Gasteiger partial charge >= 0.3 is 0 Å². The van der Waals surface area contributed by atoms with E-state index < -0.39 is 0 Å². The Bertz CT molecular complexity index is 529. The second-order valence-corrected chi connectivity index (χ2v) is 5.00. The molecule has 0 atom stereocenters. The van der Waals surface area contributed by atoms with Crippen molar-refractivity contribution in [2.45, 2.75) is 32.6 Å². The van der Waals surface area contributed by atoms with Crippen molar-refractivity contribution < 1.29 is 0 Å². The lowest BCUT2D eigenvalue weighted by Gasteiger charge is -2.08. The molecule has 0 heterocycles. The van der Waals surface area contributed by atoms with Crippen LogP contribution in [0.1, 0.15) is 31.7 Å². The van der Waals surface area contributed by atoms with Crippen LogP contribution >= 0.6 is 0 Å². The smallest absolute Gasteiger partial charge is 0.0395 e. The fraction of sp³-hybridized carbons (Fsp3) is 0.294. The van der Waals surface area contributed by atoms with E-state index in [9.17, 15) is 0 Å². The number of rotatable bonds is 5. The highest BCUT2D eigenvalue weighted by Gasteiger charge is 2.03. The molecule has 2 rings (SSSR count). The van der Waals surface area contributed by atoms with Crippen LogP contribution in [0.4, 0.5) is 11.4 Å². The van der Waals surface area contributed by atoms with E-state index in [0.717, 1.165) is 28.9 Å². The third-order valence-corrected chi connectivity index (χ3v) is 3.41. The minimum Gasteiger partial charge on any atom is -0.399 e. The van der Waals surface area contributed by atoms with E-state index in [1.165, 1.54) is 24.8 Å². The lowest BCUT2D eigenvalue weighted by atomic mass is 10.00. The molecule has 0 saturated heterocycles. The SMILES string of the molecule is CCCCCc1ccc(-c2cc(N)ccc2N)cc1. The van der Waals surface area contributed by atoms with Crippen LogP contribution in [0.15, 0.2) is 42.5 Å². The van der Waals surface area contributed by atoms with Gasteiger partial charge in [-0.15, -0.1) is 0 Å². The molecule has 100 valence electrons. The summed E-state index contributed by atoms with van der Waals surface area (Å²) in [6, 6.07) is 14.3. The average Bonchev–Trinajstić information content (AvgIpc) is 2.43. The summed E-state index contributed by atoms with van der Waals surface area (Å²) < 4.78 is 0. The van der Waals surface area contributed by atoms with Gasteiger partial charge in [-0.25, -0.2) is 0 Å². The summed E-state index contributed by atoms with van der Waals surface area (Å²) in [6.07, 6.45) is 4.97. The highest BCUT2D eigenvalue weighted by atomic mass is 14.6. The normalized spacial score (nSPS) is 10.6. The zero-order valence-electron chi connectivity index (χ0n) is 11.5. The number of hydrogen-bond acceptors (Lipinski definition) is 2. The minimum absolute atomic E-state index is 0.747. The maximum atomic E-state index is 6.00. The topological polar surface area (TPSA) is 52.0 Å². The highest BCUT2D eigenvalue weighted by molar-refractivity contribution is 5.79. The molecule has 19 heavy (non-hydrogen) atoms. The molecule has 0 bridgehead atoms. The van der Waals surface area contributed by atoms with Gasteiger partial charge in [0.05, 0.1) is 0 Å². The van der Waals surface area contributed by atoms with E-state index in [-0.39, 0.29) is 0 Å². The first-order valence-electron chi connectivity index (χ1n) is 6.95. The molecule has 0 aromatic heterocycles. The van der Waals surface area contributed by atoms with Gasteiger partial charge in [-0.1, -0.05) is 44.0 Å². The van der Waals surface area contributed by atoms with Gasteiger partial charge < -0.3 is 11.5 Å².